The standard InChI is InChI=1S/C14H17NO4/c1-9(13(16)15-11-6-7-11)19-14(17)10-4-3-5-12(8-10)18-2/h3-5,8-9,11H,6-7H2,1-2H3,(H,15,16)/t9-/m0/s1. The molecule has 5 nitrogen and oxygen atoms in total. The number of ether oxygens (including phenoxy) is 2. The number of nitrogens with one attached hydrogen (secondary N) is 1. The molecule has 1 N–H and O–H groups in total. The van der Waals surface area contributed by atoms with Gasteiger partial charge in [0.05, 0.1) is 12.7 Å². The largest absolute Gasteiger partial charge is 0.497 e. The average Bonchev–Trinajstić information content (AvgIpc) is 3.22. The van der Waals surface area contributed by atoms with E-state index in [4.69, 9.17) is 9.47 Å². The number of hydrogen-bond donors (Lipinski definition) is 1. The minimum atomic E-state index is -0.792. The summed E-state index contributed by atoms with van der Waals surface area (Å²) in [7, 11) is 1.52. The van der Waals surface area contributed by atoms with Crippen molar-refractivity contribution in [2.45, 2.75) is 31.9 Å². The summed E-state index contributed by atoms with van der Waals surface area (Å²) < 4.78 is 10.2. The van der Waals surface area contributed by atoms with E-state index in [1.165, 1.54) is 7.11 Å². The Morgan fingerprint density at radius 3 is 2.74 bits per heavy atom. The van der Waals surface area contributed by atoms with E-state index in [9.17, 15) is 9.59 Å². The molecule has 0 spiro atoms. The summed E-state index contributed by atoms with van der Waals surface area (Å²) in [5.74, 6) is -0.208. The molecule has 0 bridgehead atoms. The minimum absolute atomic E-state index is 0.251. The van der Waals surface area contributed by atoms with Gasteiger partial charge in [-0.1, -0.05) is 6.07 Å². The summed E-state index contributed by atoms with van der Waals surface area (Å²) in [6.07, 6.45) is 1.21. The molecule has 1 atom stereocenters. The van der Waals surface area contributed by atoms with Crippen molar-refractivity contribution in [1.29, 1.82) is 0 Å². The molecule has 1 aromatic carbocycles. The van der Waals surface area contributed by atoms with Crippen LogP contribution in [-0.4, -0.2) is 31.1 Å². The van der Waals surface area contributed by atoms with Crippen LogP contribution in [0.15, 0.2) is 24.3 Å². The Bertz CT molecular complexity index is 482. The number of methoxy groups -OCH3 is 1. The first-order valence-corrected chi connectivity index (χ1v) is 6.25. The maximum Gasteiger partial charge on any atom is 0.339 e. The molecular weight excluding hydrogens is 246 g/mol. The van der Waals surface area contributed by atoms with Gasteiger partial charge in [0.1, 0.15) is 5.75 Å². The Morgan fingerprint density at radius 2 is 2.11 bits per heavy atom. The highest BCUT2D eigenvalue weighted by Crippen LogP contribution is 2.19. The van der Waals surface area contributed by atoms with E-state index in [1.54, 1.807) is 31.2 Å². The number of carbonyl (C=O) groups excluding carboxylic acids is 2. The highest BCUT2D eigenvalue weighted by Gasteiger charge is 2.27. The molecule has 2 rings (SSSR count). The summed E-state index contributed by atoms with van der Waals surface area (Å²) in [4.78, 5) is 23.5. The van der Waals surface area contributed by atoms with Gasteiger partial charge in [-0.25, -0.2) is 4.79 Å². The quantitative estimate of drug-likeness (QED) is 0.818. The molecule has 1 saturated carbocycles. The molecule has 0 saturated heterocycles. The molecule has 0 unspecified atom stereocenters. The van der Waals surface area contributed by atoms with Crippen molar-refractivity contribution in [3.05, 3.63) is 29.8 Å². The number of amides is 1. The molecule has 5 heteroatoms. The molecule has 0 heterocycles. The zero-order valence-corrected chi connectivity index (χ0v) is 11.0. The molecule has 102 valence electrons. The molecular formula is C14H17NO4. The molecule has 1 amide bonds. The van der Waals surface area contributed by atoms with Crippen molar-refractivity contribution >= 4 is 11.9 Å². The maximum absolute atomic E-state index is 11.9. The van der Waals surface area contributed by atoms with Crippen molar-refractivity contribution < 1.29 is 19.1 Å². The zero-order valence-electron chi connectivity index (χ0n) is 11.0. The Labute approximate surface area is 111 Å². The van der Waals surface area contributed by atoms with Gasteiger partial charge in [0, 0.05) is 6.04 Å². The lowest BCUT2D eigenvalue weighted by molar-refractivity contribution is -0.129. The summed E-state index contributed by atoms with van der Waals surface area (Å²) in [5, 5.41) is 2.79. The first kappa shape index (κ1) is 13.4. The second-order valence-electron chi connectivity index (χ2n) is 4.56. The van der Waals surface area contributed by atoms with Gasteiger partial charge in [-0.2, -0.15) is 0 Å². The molecule has 0 radical (unpaired) electrons. The minimum Gasteiger partial charge on any atom is -0.497 e. The van der Waals surface area contributed by atoms with Crippen LogP contribution in [0.3, 0.4) is 0 Å². The smallest absolute Gasteiger partial charge is 0.339 e. The third-order valence-corrected chi connectivity index (χ3v) is 2.88. The maximum atomic E-state index is 11.9. The van der Waals surface area contributed by atoms with E-state index < -0.39 is 12.1 Å². The van der Waals surface area contributed by atoms with Crippen LogP contribution in [0.25, 0.3) is 0 Å². The monoisotopic (exact) mass is 263 g/mol. The third kappa shape index (κ3) is 3.71. The molecule has 0 aliphatic heterocycles. The first-order chi connectivity index (χ1) is 9.10. The topological polar surface area (TPSA) is 64.6 Å². The van der Waals surface area contributed by atoms with Crippen molar-refractivity contribution in [3.8, 4) is 5.75 Å². The van der Waals surface area contributed by atoms with E-state index in [0.717, 1.165) is 12.8 Å². The van der Waals surface area contributed by atoms with Crippen LogP contribution in [-0.2, 0) is 9.53 Å². The van der Waals surface area contributed by atoms with Gasteiger partial charge in [0.2, 0.25) is 0 Å². The highest BCUT2D eigenvalue weighted by molar-refractivity contribution is 5.92. The van der Waals surface area contributed by atoms with E-state index in [2.05, 4.69) is 5.32 Å². The second-order valence-corrected chi connectivity index (χ2v) is 4.56. The molecule has 1 aromatic rings. The van der Waals surface area contributed by atoms with E-state index in [0.29, 0.717) is 11.3 Å². The Morgan fingerprint density at radius 1 is 1.37 bits per heavy atom. The van der Waals surface area contributed by atoms with Crippen molar-refractivity contribution in [1.82, 2.24) is 5.32 Å². The molecule has 0 aromatic heterocycles. The van der Waals surface area contributed by atoms with Crippen molar-refractivity contribution in [2.75, 3.05) is 7.11 Å². The number of rotatable bonds is 5. The van der Waals surface area contributed by atoms with Crippen molar-refractivity contribution in [3.63, 3.8) is 0 Å². The van der Waals surface area contributed by atoms with Crippen LogP contribution in [0.5, 0.6) is 5.75 Å². The number of carbonyl (C=O) groups is 2. The van der Waals surface area contributed by atoms with Gasteiger partial charge in [-0.15, -0.1) is 0 Å². The molecule has 19 heavy (non-hydrogen) atoms. The second kappa shape index (κ2) is 5.73. The molecule has 1 aliphatic rings. The van der Waals surface area contributed by atoms with Gasteiger partial charge in [0.25, 0.3) is 5.91 Å². The van der Waals surface area contributed by atoms with Gasteiger partial charge in [-0.3, -0.25) is 4.79 Å². The summed E-state index contributed by atoms with van der Waals surface area (Å²) in [6, 6.07) is 6.89. The van der Waals surface area contributed by atoms with Gasteiger partial charge in [-0.05, 0) is 38.0 Å². The van der Waals surface area contributed by atoms with Crippen LogP contribution in [0.1, 0.15) is 30.1 Å². The number of esters is 1. The van der Waals surface area contributed by atoms with E-state index in [1.807, 2.05) is 0 Å². The lowest BCUT2D eigenvalue weighted by Gasteiger charge is -2.13. The fraction of sp³-hybridized carbons (Fsp3) is 0.429. The first-order valence-electron chi connectivity index (χ1n) is 6.25. The summed E-state index contributed by atoms with van der Waals surface area (Å²) in [6.45, 7) is 1.57. The Balaban J connectivity index is 1.93. The van der Waals surface area contributed by atoms with E-state index in [-0.39, 0.29) is 11.9 Å². The van der Waals surface area contributed by atoms with Gasteiger partial charge in [0.15, 0.2) is 6.10 Å². The SMILES string of the molecule is COc1cccc(C(=O)O[C@@H](C)C(=O)NC2CC2)c1. The Kier molecular flexibility index (Phi) is 4.04. The van der Waals surface area contributed by atoms with Crippen molar-refractivity contribution in [2.24, 2.45) is 0 Å². The normalized spacial score (nSPS) is 15.5. The highest BCUT2D eigenvalue weighted by atomic mass is 16.5. The average molecular weight is 263 g/mol. The lowest BCUT2D eigenvalue weighted by atomic mass is 10.2. The summed E-state index contributed by atoms with van der Waals surface area (Å²) in [5.41, 5.74) is 0.366. The molecule has 1 fully saturated rings. The fourth-order valence-electron chi connectivity index (χ4n) is 1.58. The Hall–Kier alpha value is -2.04. The number of hydrogen-bond acceptors (Lipinski definition) is 4. The van der Waals surface area contributed by atoms with Gasteiger partial charge < -0.3 is 14.8 Å². The van der Waals surface area contributed by atoms with Crippen LogP contribution < -0.4 is 10.1 Å². The predicted octanol–water partition coefficient (Wildman–Crippen LogP) is 1.52. The third-order valence-electron chi connectivity index (χ3n) is 2.88. The van der Waals surface area contributed by atoms with E-state index >= 15 is 0 Å². The van der Waals surface area contributed by atoms with Crippen LogP contribution in [0.4, 0.5) is 0 Å². The fourth-order valence-corrected chi connectivity index (χ4v) is 1.58. The van der Waals surface area contributed by atoms with Crippen LogP contribution >= 0.6 is 0 Å². The van der Waals surface area contributed by atoms with Crippen LogP contribution in [0.2, 0.25) is 0 Å². The van der Waals surface area contributed by atoms with Crippen LogP contribution in [0, 0.1) is 0 Å². The zero-order chi connectivity index (χ0) is 13.8. The summed E-state index contributed by atoms with van der Waals surface area (Å²) >= 11 is 0. The van der Waals surface area contributed by atoms with Gasteiger partial charge >= 0.3 is 5.97 Å². The number of benzene rings is 1. The molecule has 1 aliphatic carbocycles. The predicted molar refractivity (Wildman–Crippen MR) is 69.0 cm³/mol. The lowest BCUT2D eigenvalue weighted by Crippen LogP contribution is -2.37.